The quantitative estimate of drug-likeness (QED) is 0.805. The predicted molar refractivity (Wildman–Crippen MR) is 99.9 cm³/mol. The smallest absolute Gasteiger partial charge is 0.230 e. The Balaban J connectivity index is 1.30. The third-order valence-electron chi connectivity index (χ3n) is 6.06. The highest BCUT2D eigenvalue weighted by atomic mass is 35.5. The Morgan fingerprint density at radius 3 is 2.21 bits per heavy atom. The molecule has 0 radical (unpaired) electrons. The maximum Gasteiger partial charge on any atom is 0.230 e. The third-order valence-corrected chi connectivity index (χ3v) is 6.53. The monoisotopic (exact) mass is 362 g/mol. The molecule has 128 valence electrons. The lowest BCUT2D eigenvalue weighted by atomic mass is 9.54. The van der Waals surface area contributed by atoms with Gasteiger partial charge in [0.1, 0.15) is 0 Å². The summed E-state index contributed by atoms with van der Waals surface area (Å²) in [6.07, 6.45) is 7.12. The van der Waals surface area contributed by atoms with Crippen LogP contribution < -0.4 is 10.6 Å². The van der Waals surface area contributed by atoms with Gasteiger partial charge in [-0.05, 0) is 85.7 Å². The number of halogens is 1. The minimum absolute atomic E-state index is 0.0707. The van der Waals surface area contributed by atoms with E-state index in [1.54, 1.807) is 12.1 Å². The maximum atomic E-state index is 12.2. The molecule has 0 heterocycles. The molecule has 4 saturated carbocycles. The van der Waals surface area contributed by atoms with Crippen molar-refractivity contribution in [2.75, 3.05) is 0 Å². The summed E-state index contributed by atoms with van der Waals surface area (Å²) in [6.45, 7) is 0. The SMILES string of the molecule is O=C(Cc1ccc(Cl)cc1)NC(=S)NC1C2CC3CC(C2)CC1C3. The highest BCUT2D eigenvalue weighted by Crippen LogP contribution is 2.53. The Kier molecular flexibility index (Phi) is 4.52. The number of carbonyl (C=O) groups excluding carboxylic acids is 1. The van der Waals surface area contributed by atoms with Crippen LogP contribution in [-0.4, -0.2) is 17.1 Å². The largest absolute Gasteiger partial charge is 0.359 e. The fraction of sp³-hybridized carbons (Fsp3) is 0.579. The van der Waals surface area contributed by atoms with Crippen molar-refractivity contribution in [2.24, 2.45) is 23.7 Å². The Bertz CT molecular complexity index is 617. The molecule has 2 N–H and O–H groups in total. The molecule has 1 aromatic rings. The molecule has 5 rings (SSSR count). The Hall–Kier alpha value is -1.13. The first kappa shape index (κ1) is 16.3. The van der Waals surface area contributed by atoms with E-state index in [1.165, 1.54) is 32.1 Å². The van der Waals surface area contributed by atoms with E-state index in [4.69, 9.17) is 23.8 Å². The normalized spacial score (nSPS) is 33.3. The van der Waals surface area contributed by atoms with Crippen molar-refractivity contribution in [3.05, 3.63) is 34.9 Å². The minimum atomic E-state index is -0.0707. The molecule has 1 amide bonds. The fourth-order valence-electron chi connectivity index (χ4n) is 5.31. The fourth-order valence-corrected chi connectivity index (χ4v) is 5.68. The van der Waals surface area contributed by atoms with E-state index in [9.17, 15) is 4.79 Å². The van der Waals surface area contributed by atoms with Crippen LogP contribution >= 0.6 is 23.8 Å². The minimum Gasteiger partial charge on any atom is -0.359 e. The van der Waals surface area contributed by atoms with Gasteiger partial charge in [-0.3, -0.25) is 4.79 Å². The van der Waals surface area contributed by atoms with Crippen molar-refractivity contribution in [1.82, 2.24) is 10.6 Å². The van der Waals surface area contributed by atoms with E-state index < -0.39 is 0 Å². The number of benzene rings is 1. The average Bonchev–Trinajstić information content (AvgIpc) is 2.52. The Morgan fingerprint density at radius 1 is 1.04 bits per heavy atom. The zero-order chi connectivity index (χ0) is 16.7. The molecule has 0 spiro atoms. The summed E-state index contributed by atoms with van der Waals surface area (Å²) in [7, 11) is 0. The number of carbonyl (C=O) groups is 1. The molecule has 4 aliphatic rings. The summed E-state index contributed by atoms with van der Waals surface area (Å²) in [5, 5.41) is 7.49. The second kappa shape index (κ2) is 6.64. The number of amides is 1. The van der Waals surface area contributed by atoms with E-state index in [0.29, 0.717) is 22.6 Å². The summed E-state index contributed by atoms with van der Waals surface area (Å²) in [5.74, 6) is 3.30. The van der Waals surface area contributed by atoms with Gasteiger partial charge < -0.3 is 10.6 Å². The van der Waals surface area contributed by atoms with Crippen LogP contribution in [0.5, 0.6) is 0 Å². The number of hydrogen-bond donors (Lipinski definition) is 2. The van der Waals surface area contributed by atoms with Gasteiger partial charge >= 0.3 is 0 Å². The van der Waals surface area contributed by atoms with E-state index in [2.05, 4.69) is 10.6 Å². The zero-order valence-electron chi connectivity index (χ0n) is 13.6. The predicted octanol–water partition coefficient (Wildman–Crippen LogP) is 3.70. The lowest BCUT2D eigenvalue weighted by Gasteiger charge is -2.54. The Morgan fingerprint density at radius 2 is 1.62 bits per heavy atom. The van der Waals surface area contributed by atoms with E-state index >= 15 is 0 Å². The molecule has 0 unspecified atom stereocenters. The van der Waals surface area contributed by atoms with Crippen molar-refractivity contribution >= 4 is 34.8 Å². The van der Waals surface area contributed by atoms with Gasteiger partial charge in [0.05, 0.1) is 6.42 Å². The summed E-state index contributed by atoms with van der Waals surface area (Å²) in [6, 6.07) is 7.80. The third kappa shape index (κ3) is 3.45. The molecule has 5 heteroatoms. The number of rotatable bonds is 3. The zero-order valence-corrected chi connectivity index (χ0v) is 15.2. The maximum absolute atomic E-state index is 12.2. The van der Waals surface area contributed by atoms with Crippen molar-refractivity contribution < 1.29 is 4.79 Å². The van der Waals surface area contributed by atoms with E-state index in [0.717, 1.165) is 29.2 Å². The molecular formula is C19H23ClN2OS. The van der Waals surface area contributed by atoms with Crippen LogP contribution in [0.15, 0.2) is 24.3 Å². The van der Waals surface area contributed by atoms with Crippen LogP contribution in [0.3, 0.4) is 0 Å². The Labute approximate surface area is 153 Å². The second-order valence-corrected chi connectivity index (χ2v) is 8.63. The van der Waals surface area contributed by atoms with Crippen LogP contribution in [-0.2, 0) is 11.2 Å². The van der Waals surface area contributed by atoms with Crippen molar-refractivity contribution in [1.29, 1.82) is 0 Å². The first-order valence-corrected chi connectivity index (χ1v) is 9.70. The lowest BCUT2D eigenvalue weighted by Crippen LogP contribution is -2.57. The van der Waals surface area contributed by atoms with Crippen LogP contribution in [0.4, 0.5) is 0 Å². The van der Waals surface area contributed by atoms with Gasteiger partial charge in [0.2, 0.25) is 5.91 Å². The molecule has 0 atom stereocenters. The van der Waals surface area contributed by atoms with Gasteiger partial charge in [-0.15, -0.1) is 0 Å². The van der Waals surface area contributed by atoms with Gasteiger partial charge in [0, 0.05) is 11.1 Å². The second-order valence-electron chi connectivity index (χ2n) is 7.78. The number of thiocarbonyl (C=S) groups is 1. The van der Waals surface area contributed by atoms with E-state index in [1.807, 2.05) is 12.1 Å². The summed E-state index contributed by atoms with van der Waals surface area (Å²) < 4.78 is 0. The summed E-state index contributed by atoms with van der Waals surface area (Å²) in [4.78, 5) is 12.2. The van der Waals surface area contributed by atoms with Crippen molar-refractivity contribution in [2.45, 2.75) is 44.6 Å². The lowest BCUT2D eigenvalue weighted by molar-refractivity contribution is -0.119. The molecule has 24 heavy (non-hydrogen) atoms. The molecule has 4 aliphatic carbocycles. The molecule has 4 fully saturated rings. The summed E-state index contributed by atoms with van der Waals surface area (Å²) >= 11 is 11.3. The molecular weight excluding hydrogens is 340 g/mol. The molecule has 3 nitrogen and oxygen atoms in total. The van der Waals surface area contributed by atoms with Crippen LogP contribution in [0.25, 0.3) is 0 Å². The van der Waals surface area contributed by atoms with Crippen LogP contribution in [0, 0.1) is 23.7 Å². The molecule has 0 saturated heterocycles. The van der Waals surface area contributed by atoms with Crippen LogP contribution in [0.1, 0.15) is 37.7 Å². The van der Waals surface area contributed by atoms with Crippen LogP contribution in [0.2, 0.25) is 5.02 Å². The number of nitrogens with one attached hydrogen (secondary N) is 2. The number of hydrogen-bond acceptors (Lipinski definition) is 2. The highest BCUT2D eigenvalue weighted by Gasteiger charge is 2.48. The van der Waals surface area contributed by atoms with Crippen molar-refractivity contribution in [3.63, 3.8) is 0 Å². The van der Waals surface area contributed by atoms with E-state index in [-0.39, 0.29) is 5.91 Å². The molecule has 0 aliphatic heterocycles. The first-order chi connectivity index (χ1) is 11.6. The van der Waals surface area contributed by atoms with Gasteiger partial charge in [0.25, 0.3) is 0 Å². The van der Waals surface area contributed by atoms with Gasteiger partial charge in [-0.2, -0.15) is 0 Å². The van der Waals surface area contributed by atoms with Gasteiger partial charge in [-0.1, -0.05) is 23.7 Å². The molecule has 4 bridgehead atoms. The van der Waals surface area contributed by atoms with Gasteiger partial charge in [-0.25, -0.2) is 0 Å². The topological polar surface area (TPSA) is 41.1 Å². The first-order valence-electron chi connectivity index (χ1n) is 8.91. The molecule has 1 aromatic carbocycles. The molecule has 0 aromatic heterocycles. The summed E-state index contributed by atoms with van der Waals surface area (Å²) in [5.41, 5.74) is 0.939. The highest BCUT2D eigenvalue weighted by molar-refractivity contribution is 7.80. The van der Waals surface area contributed by atoms with Crippen molar-refractivity contribution in [3.8, 4) is 0 Å². The van der Waals surface area contributed by atoms with Gasteiger partial charge in [0.15, 0.2) is 5.11 Å². The average molecular weight is 363 g/mol. The standard InChI is InChI=1S/C19H23ClN2OS/c20-16-3-1-11(2-4-16)10-17(23)21-19(24)22-18-14-6-12-5-13(8-14)9-15(18)7-12/h1-4,12-15,18H,5-10H2,(H2,21,22,23,24).